The van der Waals surface area contributed by atoms with Crippen LogP contribution in [0.15, 0.2) is 66.7 Å². The first-order valence-corrected chi connectivity index (χ1v) is 9.12. The normalized spacial score (nSPS) is 10.5. The number of hydrazine groups is 1. The zero-order valence-electron chi connectivity index (χ0n) is 15.5. The van der Waals surface area contributed by atoms with E-state index in [1.54, 1.807) is 7.11 Å². The predicted molar refractivity (Wildman–Crippen MR) is 110 cm³/mol. The van der Waals surface area contributed by atoms with Crippen LogP contribution in [0.25, 0.3) is 0 Å². The van der Waals surface area contributed by atoms with Gasteiger partial charge < -0.3 is 14.9 Å². The first kappa shape index (κ1) is 19.1. The fourth-order valence-corrected chi connectivity index (χ4v) is 2.81. The van der Waals surface area contributed by atoms with Crippen LogP contribution < -0.4 is 20.3 Å². The lowest BCUT2D eigenvalue weighted by atomic mass is 10.1. The van der Waals surface area contributed by atoms with E-state index < -0.39 is 0 Å². The molecule has 0 spiro atoms. The van der Waals surface area contributed by atoms with Crippen LogP contribution in [0.1, 0.15) is 16.7 Å². The van der Waals surface area contributed by atoms with Crippen molar-refractivity contribution in [1.29, 1.82) is 0 Å². The van der Waals surface area contributed by atoms with Crippen molar-refractivity contribution in [3.05, 3.63) is 88.4 Å². The SMILES string of the molecule is COc1ccc(CNNc2ccccc2)cc1COc1ccc(Cl)c(C)c1. The highest BCUT2D eigenvalue weighted by molar-refractivity contribution is 6.31. The third-order valence-electron chi connectivity index (χ3n) is 4.17. The standard InChI is InChI=1S/C22H23ClN2O2/c1-16-12-20(9-10-21(16)23)27-15-18-13-17(8-11-22(18)26-2)14-24-25-19-6-4-3-5-7-19/h3-13,24-25H,14-15H2,1-2H3. The van der Waals surface area contributed by atoms with Crippen LogP contribution in [0.2, 0.25) is 5.02 Å². The number of anilines is 1. The molecular weight excluding hydrogens is 360 g/mol. The molecule has 0 unspecified atom stereocenters. The quantitative estimate of drug-likeness (QED) is 0.515. The molecule has 0 aliphatic carbocycles. The molecule has 0 bridgehead atoms. The molecule has 3 rings (SSSR count). The van der Waals surface area contributed by atoms with E-state index in [-0.39, 0.29) is 0 Å². The Balaban J connectivity index is 1.63. The van der Waals surface area contributed by atoms with Crippen molar-refractivity contribution >= 4 is 17.3 Å². The minimum absolute atomic E-state index is 0.421. The molecule has 3 aromatic carbocycles. The van der Waals surface area contributed by atoms with E-state index in [1.165, 1.54) is 0 Å². The van der Waals surface area contributed by atoms with Crippen LogP contribution in [-0.2, 0) is 13.2 Å². The average Bonchev–Trinajstić information content (AvgIpc) is 2.70. The molecule has 140 valence electrons. The van der Waals surface area contributed by atoms with E-state index in [4.69, 9.17) is 21.1 Å². The van der Waals surface area contributed by atoms with Crippen molar-refractivity contribution in [2.45, 2.75) is 20.1 Å². The Bertz CT molecular complexity index is 885. The van der Waals surface area contributed by atoms with Gasteiger partial charge in [0.1, 0.15) is 18.1 Å². The third-order valence-corrected chi connectivity index (χ3v) is 4.59. The molecule has 0 aromatic heterocycles. The first-order valence-electron chi connectivity index (χ1n) is 8.74. The van der Waals surface area contributed by atoms with Gasteiger partial charge >= 0.3 is 0 Å². The smallest absolute Gasteiger partial charge is 0.125 e. The van der Waals surface area contributed by atoms with Crippen LogP contribution in [0, 0.1) is 6.92 Å². The molecule has 5 heteroatoms. The van der Waals surface area contributed by atoms with Gasteiger partial charge in [0.05, 0.1) is 7.11 Å². The van der Waals surface area contributed by atoms with Crippen molar-refractivity contribution in [1.82, 2.24) is 5.43 Å². The third kappa shape index (κ3) is 5.39. The fourth-order valence-electron chi connectivity index (χ4n) is 2.69. The Labute approximate surface area is 165 Å². The van der Waals surface area contributed by atoms with Gasteiger partial charge in [-0.25, -0.2) is 5.43 Å². The fraction of sp³-hybridized carbons (Fsp3) is 0.182. The van der Waals surface area contributed by atoms with E-state index in [2.05, 4.69) is 16.9 Å². The molecule has 0 fully saturated rings. The van der Waals surface area contributed by atoms with Gasteiger partial charge in [0.15, 0.2) is 0 Å². The molecule has 0 aliphatic heterocycles. The van der Waals surface area contributed by atoms with Gasteiger partial charge in [-0.15, -0.1) is 0 Å². The number of nitrogens with one attached hydrogen (secondary N) is 2. The molecule has 0 atom stereocenters. The lowest BCUT2D eigenvalue weighted by molar-refractivity contribution is 0.296. The molecule has 0 saturated carbocycles. The number of rotatable bonds is 8. The summed E-state index contributed by atoms with van der Waals surface area (Å²) in [5, 5.41) is 0.735. The van der Waals surface area contributed by atoms with Gasteiger partial charge in [-0.2, -0.15) is 0 Å². The first-order chi connectivity index (χ1) is 13.2. The summed E-state index contributed by atoms with van der Waals surface area (Å²) in [5.41, 5.74) is 10.5. The second-order valence-corrected chi connectivity index (χ2v) is 6.60. The monoisotopic (exact) mass is 382 g/mol. The summed E-state index contributed by atoms with van der Waals surface area (Å²) in [6, 6.07) is 21.7. The van der Waals surface area contributed by atoms with Crippen molar-refractivity contribution in [2.24, 2.45) is 0 Å². The number of hydrogen-bond donors (Lipinski definition) is 2. The van der Waals surface area contributed by atoms with E-state index in [0.29, 0.717) is 13.2 Å². The van der Waals surface area contributed by atoms with Gasteiger partial charge in [0, 0.05) is 22.8 Å². The van der Waals surface area contributed by atoms with Crippen LogP contribution in [-0.4, -0.2) is 7.11 Å². The molecule has 0 heterocycles. The molecular formula is C22H23ClN2O2. The molecule has 0 saturated heterocycles. The van der Waals surface area contributed by atoms with E-state index in [1.807, 2.05) is 67.6 Å². The topological polar surface area (TPSA) is 42.5 Å². The molecule has 0 amide bonds. The summed E-state index contributed by atoms with van der Waals surface area (Å²) >= 11 is 6.07. The van der Waals surface area contributed by atoms with Crippen molar-refractivity contribution < 1.29 is 9.47 Å². The number of ether oxygens (including phenoxy) is 2. The second-order valence-electron chi connectivity index (χ2n) is 6.19. The van der Waals surface area contributed by atoms with Gasteiger partial charge in [0.25, 0.3) is 0 Å². The van der Waals surface area contributed by atoms with Gasteiger partial charge in [0.2, 0.25) is 0 Å². The average molecular weight is 383 g/mol. The number of para-hydroxylation sites is 1. The lowest BCUT2D eigenvalue weighted by Gasteiger charge is -2.14. The van der Waals surface area contributed by atoms with Gasteiger partial charge in [-0.05, 0) is 60.5 Å². The minimum Gasteiger partial charge on any atom is -0.496 e. The van der Waals surface area contributed by atoms with Crippen LogP contribution in [0.4, 0.5) is 5.69 Å². The second kappa shape index (κ2) is 9.31. The Kier molecular flexibility index (Phi) is 6.58. The Hall–Kier alpha value is -2.69. The summed E-state index contributed by atoms with van der Waals surface area (Å²) < 4.78 is 11.4. The zero-order chi connectivity index (χ0) is 19.1. The molecule has 4 nitrogen and oxygen atoms in total. The number of hydrogen-bond acceptors (Lipinski definition) is 4. The van der Waals surface area contributed by atoms with Crippen LogP contribution >= 0.6 is 11.6 Å². The van der Waals surface area contributed by atoms with Crippen molar-refractivity contribution in [3.8, 4) is 11.5 Å². The highest BCUT2D eigenvalue weighted by atomic mass is 35.5. The van der Waals surface area contributed by atoms with E-state index in [9.17, 15) is 0 Å². The maximum absolute atomic E-state index is 6.07. The van der Waals surface area contributed by atoms with Crippen molar-refractivity contribution in [2.75, 3.05) is 12.5 Å². The van der Waals surface area contributed by atoms with Gasteiger partial charge in [-0.3, -0.25) is 0 Å². The Morgan fingerprint density at radius 1 is 0.963 bits per heavy atom. The number of aryl methyl sites for hydroxylation is 1. The summed E-state index contributed by atoms with van der Waals surface area (Å²) in [6.45, 7) is 3.05. The van der Waals surface area contributed by atoms with E-state index in [0.717, 1.165) is 38.9 Å². The Morgan fingerprint density at radius 2 is 1.78 bits per heavy atom. The molecule has 3 aromatic rings. The summed E-state index contributed by atoms with van der Waals surface area (Å²) in [6.07, 6.45) is 0. The van der Waals surface area contributed by atoms with Gasteiger partial charge in [-0.1, -0.05) is 35.9 Å². The highest BCUT2D eigenvalue weighted by Gasteiger charge is 2.07. The number of methoxy groups -OCH3 is 1. The lowest BCUT2D eigenvalue weighted by Crippen LogP contribution is -2.20. The maximum atomic E-state index is 6.07. The summed E-state index contributed by atoms with van der Waals surface area (Å²) in [4.78, 5) is 0. The molecule has 0 radical (unpaired) electrons. The molecule has 2 N–H and O–H groups in total. The number of benzene rings is 3. The summed E-state index contributed by atoms with van der Waals surface area (Å²) in [7, 11) is 1.67. The predicted octanol–water partition coefficient (Wildman–Crippen LogP) is 5.35. The number of halogens is 1. The highest BCUT2D eigenvalue weighted by Crippen LogP contribution is 2.25. The zero-order valence-corrected chi connectivity index (χ0v) is 16.2. The molecule has 0 aliphatic rings. The maximum Gasteiger partial charge on any atom is 0.125 e. The van der Waals surface area contributed by atoms with E-state index >= 15 is 0 Å². The van der Waals surface area contributed by atoms with Crippen LogP contribution in [0.3, 0.4) is 0 Å². The van der Waals surface area contributed by atoms with Crippen molar-refractivity contribution in [3.63, 3.8) is 0 Å². The minimum atomic E-state index is 0.421. The summed E-state index contributed by atoms with van der Waals surface area (Å²) in [5.74, 6) is 1.59. The largest absolute Gasteiger partial charge is 0.496 e. The van der Waals surface area contributed by atoms with Crippen LogP contribution in [0.5, 0.6) is 11.5 Å². The Morgan fingerprint density at radius 3 is 2.52 bits per heavy atom. The molecule has 27 heavy (non-hydrogen) atoms.